The Kier molecular flexibility index (Phi) is 4.62. The molecule has 3 N–H and O–H groups in total. The maximum atomic E-state index is 12.6. The van der Waals surface area contributed by atoms with Crippen LogP contribution in [0.5, 0.6) is 0 Å². The lowest BCUT2D eigenvalue weighted by Gasteiger charge is -2.07. The van der Waals surface area contributed by atoms with Crippen molar-refractivity contribution in [2.75, 3.05) is 0 Å². The number of nitrogens with two attached hydrogens (primary N) is 1. The smallest absolute Gasteiger partial charge is 0.262 e. The van der Waals surface area contributed by atoms with E-state index in [2.05, 4.69) is 10.3 Å². The molecule has 0 unspecified atom stereocenters. The van der Waals surface area contributed by atoms with Crippen molar-refractivity contribution in [3.63, 3.8) is 0 Å². The zero-order chi connectivity index (χ0) is 18.0. The van der Waals surface area contributed by atoms with Crippen molar-refractivity contribution >= 4 is 33.4 Å². The predicted octanol–water partition coefficient (Wildman–Crippen LogP) is 1.18. The fourth-order valence-corrected chi connectivity index (χ4v) is 3.51. The summed E-state index contributed by atoms with van der Waals surface area (Å²) >= 11 is 1.08. The van der Waals surface area contributed by atoms with Gasteiger partial charge in [-0.05, 0) is 18.1 Å². The third-order valence-electron chi connectivity index (χ3n) is 3.79. The molecule has 2 heterocycles. The number of primary amides is 1. The molecule has 0 spiro atoms. The van der Waals surface area contributed by atoms with Gasteiger partial charge in [-0.2, -0.15) is 0 Å². The third-order valence-corrected chi connectivity index (χ3v) is 5.00. The van der Waals surface area contributed by atoms with Gasteiger partial charge < -0.3 is 11.1 Å². The SMILES string of the molecule is Cc1c(C(N)=O)sc2ncn(CC(=O)NCc3ccccc3)c(=O)c12. The number of nitrogens with zero attached hydrogens (tertiary/aromatic N) is 2. The van der Waals surface area contributed by atoms with Crippen LogP contribution in [0.4, 0.5) is 0 Å². The number of carbonyl (C=O) groups is 2. The number of thiophene rings is 1. The predicted molar refractivity (Wildman–Crippen MR) is 95.4 cm³/mol. The first-order chi connectivity index (χ1) is 12.0. The minimum absolute atomic E-state index is 0.143. The van der Waals surface area contributed by atoms with E-state index in [1.165, 1.54) is 10.9 Å². The number of carbonyl (C=O) groups excluding carboxylic acids is 2. The lowest BCUT2D eigenvalue weighted by Crippen LogP contribution is -2.32. The number of nitrogens with one attached hydrogen (secondary N) is 1. The normalized spacial score (nSPS) is 10.8. The van der Waals surface area contributed by atoms with E-state index in [0.717, 1.165) is 16.9 Å². The van der Waals surface area contributed by atoms with Gasteiger partial charge in [-0.25, -0.2) is 4.98 Å². The zero-order valence-electron chi connectivity index (χ0n) is 13.5. The average Bonchev–Trinajstić information content (AvgIpc) is 2.94. The number of rotatable bonds is 5. The van der Waals surface area contributed by atoms with Crippen LogP contribution in [0, 0.1) is 6.92 Å². The largest absolute Gasteiger partial charge is 0.365 e. The fourth-order valence-electron chi connectivity index (χ4n) is 2.51. The second-order valence-electron chi connectivity index (χ2n) is 5.54. The number of aromatic nitrogens is 2. The van der Waals surface area contributed by atoms with E-state index in [-0.39, 0.29) is 18.0 Å². The van der Waals surface area contributed by atoms with E-state index < -0.39 is 5.91 Å². The summed E-state index contributed by atoms with van der Waals surface area (Å²) in [6.45, 7) is 1.89. The first-order valence-corrected chi connectivity index (χ1v) is 8.38. The van der Waals surface area contributed by atoms with Gasteiger partial charge >= 0.3 is 0 Å². The Morgan fingerprint density at radius 2 is 2.00 bits per heavy atom. The topological polar surface area (TPSA) is 107 Å². The summed E-state index contributed by atoms with van der Waals surface area (Å²) in [4.78, 5) is 41.0. The van der Waals surface area contributed by atoms with Crippen molar-refractivity contribution in [3.8, 4) is 0 Å². The maximum absolute atomic E-state index is 12.6. The van der Waals surface area contributed by atoms with Crippen LogP contribution in [0.25, 0.3) is 10.2 Å². The molecule has 3 rings (SSSR count). The van der Waals surface area contributed by atoms with Crippen molar-refractivity contribution in [1.82, 2.24) is 14.9 Å². The van der Waals surface area contributed by atoms with Gasteiger partial charge in [-0.1, -0.05) is 30.3 Å². The summed E-state index contributed by atoms with van der Waals surface area (Å²) in [5.41, 5.74) is 6.43. The monoisotopic (exact) mass is 356 g/mol. The minimum atomic E-state index is -0.591. The lowest BCUT2D eigenvalue weighted by molar-refractivity contribution is -0.121. The van der Waals surface area contributed by atoms with Crippen LogP contribution >= 0.6 is 11.3 Å². The van der Waals surface area contributed by atoms with Crippen LogP contribution in [0.3, 0.4) is 0 Å². The van der Waals surface area contributed by atoms with E-state index in [1.807, 2.05) is 30.3 Å². The van der Waals surface area contributed by atoms with Gasteiger partial charge in [0, 0.05) is 6.54 Å². The molecule has 0 saturated carbocycles. The molecule has 0 radical (unpaired) electrons. The molecular weight excluding hydrogens is 340 g/mol. The first kappa shape index (κ1) is 16.8. The second kappa shape index (κ2) is 6.86. The van der Waals surface area contributed by atoms with Gasteiger partial charge in [-0.3, -0.25) is 19.0 Å². The standard InChI is InChI=1S/C17H16N4O3S/c1-10-13-16(25-14(10)15(18)23)20-9-21(17(13)24)8-12(22)19-7-11-5-3-2-4-6-11/h2-6,9H,7-8H2,1H3,(H2,18,23)(H,19,22). The van der Waals surface area contributed by atoms with Crippen molar-refractivity contribution < 1.29 is 9.59 Å². The molecule has 0 aliphatic carbocycles. The lowest BCUT2D eigenvalue weighted by atomic mass is 10.2. The van der Waals surface area contributed by atoms with Gasteiger partial charge in [0.25, 0.3) is 11.5 Å². The summed E-state index contributed by atoms with van der Waals surface area (Å²) in [6.07, 6.45) is 1.31. The number of aryl methyl sites for hydroxylation is 1. The summed E-state index contributed by atoms with van der Waals surface area (Å²) in [6, 6.07) is 9.48. The Morgan fingerprint density at radius 3 is 2.68 bits per heavy atom. The first-order valence-electron chi connectivity index (χ1n) is 7.56. The molecular formula is C17H16N4O3S. The Balaban J connectivity index is 1.81. The highest BCUT2D eigenvalue weighted by Gasteiger charge is 2.18. The second-order valence-corrected chi connectivity index (χ2v) is 6.54. The maximum Gasteiger partial charge on any atom is 0.262 e. The molecule has 2 aromatic heterocycles. The van der Waals surface area contributed by atoms with Crippen LogP contribution in [-0.2, 0) is 17.9 Å². The van der Waals surface area contributed by atoms with Crippen LogP contribution < -0.4 is 16.6 Å². The van der Waals surface area contributed by atoms with Crippen LogP contribution in [0.15, 0.2) is 41.5 Å². The molecule has 0 bridgehead atoms. The van der Waals surface area contributed by atoms with Crippen LogP contribution in [0.2, 0.25) is 0 Å². The Morgan fingerprint density at radius 1 is 1.28 bits per heavy atom. The quantitative estimate of drug-likeness (QED) is 0.716. The van der Waals surface area contributed by atoms with Crippen molar-refractivity contribution in [1.29, 1.82) is 0 Å². The highest BCUT2D eigenvalue weighted by Crippen LogP contribution is 2.26. The fraction of sp³-hybridized carbons (Fsp3) is 0.176. The molecule has 0 aliphatic heterocycles. The summed E-state index contributed by atoms with van der Waals surface area (Å²) < 4.78 is 1.23. The molecule has 0 fully saturated rings. The van der Waals surface area contributed by atoms with Crippen molar-refractivity contribution in [3.05, 3.63) is 63.0 Å². The molecule has 8 heteroatoms. The van der Waals surface area contributed by atoms with Crippen molar-refractivity contribution in [2.45, 2.75) is 20.0 Å². The number of amides is 2. The van der Waals surface area contributed by atoms with Gasteiger partial charge in [0.15, 0.2) is 0 Å². The number of hydrogen-bond acceptors (Lipinski definition) is 5. The van der Waals surface area contributed by atoms with Gasteiger partial charge in [0.05, 0.1) is 16.6 Å². The summed E-state index contributed by atoms with van der Waals surface area (Å²) in [5.74, 6) is -0.887. The van der Waals surface area contributed by atoms with E-state index >= 15 is 0 Å². The average molecular weight is 356 g/mol. The van der Waals surface area contributed by atoms with Crippen LogP contribution in [0.1, 0.15) is 20.8 Å². The summed E-state index contributed by atoms with van der Waals surface area (Å²) in [5, 5.41) is 3.09. The molecule has 0 saturated heterocycles. The van der Waals surface area contributed by atoms with E-state index in [0.29, 0.717) is 27.2 Å². The Labute approximate surface area is 147 Å². The van der Waals surface area contributed by atoms with Gasteiger partial charge in [-0.15, -0.1) is 11.3 Å². The highest BCUT2D eigenvalue weighted by atomic mass is 32.1. The molecule has 2 amide bonds. The number of benzene rings is 1. The van der Waals surface area contributed by atoms with E-state index in [1.54, 1.807) is 6.92 Å². The molecule has 128 valence electrons. The van der Waals surface area contributed by atoms with Gasteiger partial charge in [0.2, 0.25) is 5.91 Å². The molecule has 7 nitrogen and oxygen atoms in total. The summed E-state index contributed by atoms with van der Waals surface area (Å²) in [7, 11) is 0. The Hall–Kier alpha value is -3.00. The molecule has 0 atom stereocenters. The molecule has 1 aromatic carbocycles. The molecule has 25 heavy (non-hydrogen) atoms. The van der Waals surface area contributed by atoms with Crippen molar-refractivity contribution in [2.24, 2.45) is 5.73 Å². The molecule has 0 aliphatic rings. The van der Waals surface area contributed by atoms with E-state index in [4.69, 9.17) is 5.73 Å². The van der Waals surface area contributed by atoms with E-state index in [9.17, 15) is 14.4 Å². The highest BCUT2D eigenvalue weighted by molar-refractivity contribution is 7.20. The van der Waals surface area contributed by atoms with Gasteiger partial charge in [0.1, 0.15) is 11.4 Å². The Bertz CT molecular complexity index is 1010. The third kappa shape index (κ3) is 3.43. The number of hydrogen-bond donors (Lipinski definition) is 2. The molecule has 3 aromatic rings. The number of fused-ring (bicyclic) bond motifs is 1. The zero-order valence-corrected chi connectivity index (χ0v) is 14.3. The van der Waals surface area contributed by atoms with Crippen LogP contribution in [-0.4, -0.2) is 21.4 Å². The minimum Gasteiger partial charge on any atom is -0.365 e.